The maximum atomic E-state index is 10.4. The lowest BCUT2D eigenvalue weighted by atomic mass is 10.2. The Labute approximate surface area is 97.8 Å². The van der Waals surface area contributed by atoms with Crippen LogP contribution in [0.5, 0.6) is 0 Å². The van der Waals surface area contributed by atoms with E-state index in [1.165, 1.54) is 24.4 Å². The van der Waals surface area contributed by atoms with E-state index in [9.17, 15) is 10.1 Å². The fourth-order valence-electron chi connectivity index (χ4n) is 1.64. The van der Waals surface area contributed by atoms with E-state index in [2.05, 4.69) is 10.3 Å². The molecule has 6 heteroatoms. The molecule has 5 nitrogen and oxygen atoms in total. The van der Waals surface area contributed by atoms with Gasteiger partial charge in [0.1, 0.15) is 12.0 Å². The third-order valence-electron chi connectivity index (χ3n) is 2.47. The minimum Gasteiger partial charge on any atom is -0.367 e. The van der Waals surface area contributed by atoms with E-state index in [0.717, 1.165) is 18.0 Å². The van der Waals surface area contributed by atoms with Crippen molar-refractivity contribution in [3.8, 4) is 0 Å². The van der Waals surface area contributed by atoms with E-state index in [0.29, 0.717) is 6.04 Å². The molecular weight excluding hydrogens is 226 g/mol. The van der Waals surface area contributed by atoms with Crippen molar-refractivity contribution >= 4 is 23.3 Å². The largest absolute Gasteiger partial charge is 0.367 e. The Morgan fingerprint density at radius 1 is 1.56 bits per heavy atom. The zero-order valence-electron chi connectivity index (χ0n) is 8.76. The summed E-state index contributed by atoms with van der Waals surface area (Å²) in [7, 11) is 0. The molecular formula is C10H13N3O2S. The van der Waals surface area contributed by atoms with E-state index in [1.54, 1.807) is 6.07 Å². The normalized spacial score (nSPS) is 20.4. The monoisotopic (exact) mass is 239 g/mol. The van der Waals surface area contributed by atoms with Crippen LogP contribution in [0.1, 0.15) is 12.8 Å². The molecule has 2 heterocycles. The van der Waals surface area contributed by atoms with Crippen LogP contribution in [-0.4, -0.2) is 27.5 Å². The van der Waals surface area contributed by atoms with Crippen molar-refractivity contribution in [2.75, 3.05) is 16.8 Å². The molecule has 0 spiro atoms. The first-order valence-corrected chi connectivity index (χ1v) is 6.36. The molecule has 0 radical (unpaired) electrons. The van der Waals surface area contributed by atoms with Crippen molar-refractivity contribution in [3.05, 3.63) is 28.4 Å². The third kappa shape index (κ3) is 2.85. The molecule has 1 saturated heterocycles. The molecule has 16 heavy (non-hydrogen) atoms. The van der Waals surface area contributed by atoms with Crippen molar-refractivity contribution in [2.45, 2.75) is 18.9 Å². The summed E-state index contributed by atoms with van der Waals surface area (Å²) in [6, 6.07) is 3.58. The predicted molar refractivity (Wildman–Crippen MR) is 64.9 cm³/mol. The van der Waals surface area contributed by atoms with Crippen LogP contribution in [0.3, 0.4) is 0 Å². The maximum Gasteiger partial charge on any atom is 0.287 e. The van der Waals surface area contributed by atoms with Crippen LogP contribution >= 0.6 is 11.8 Å². The Bertz CT molecular complexity index is 363. The summed E-state index contributed by atoms with van der Waals surface area (Å²) in [6.45, 7) is 0. The van der Waals surface area contributed by atoms with Gasteiger partial charge in [-0.1, -0.05) is 0 Å². The van der Waals surface area contributed by atoms with Gasteiger partial charge in [0, 0.05) is 17.9 Å². The van der Waals surface area contributed by atoms with Crippen molar-refractivity contribution in [1.82, 2.24) is 4.98 Å². The van der Waals surface area contributed by atoms with Gasteiger partial charge < -0.3 is 5.32 Å². The lowest BCUT2D eigenvalue weighted by molar-refractivity contribution is -0.385. The van der Waals surface area contributed by atoms with Crippen molar-refractivity contribution in [2.24, 2.45) is 0 Å². The quantitative estimate of drug-likeness (QED) is 0.647. The van der Waals surface area contributed by atoms with Crippen molar-refractivity contribution in [1.29, 1.82) is 0 Å². The molecule has 86 valence electrons. The second-order valence-corrected chi connectivity index (χ2v) is 4.87. The average Bonchev–Trinajstić information content (AvgIpc) is 2.31. The Hall–Kier alpha value is -1.30. The van der Waals surface area contributed by atoms with Gasteiger partial charge in [-0.05, 0) is 24.7 Å². The molecule has 0 bridgehead atoms. The Morgan fingerprint density at radius 3 is 3.00 bits per heavy atom. The highest BCUT2D eigenvalue weighted by Gasteiger charge is 2.14. The fourth-order valence-corrected chi connectivity index (χ4v) is 2.72. The average molecular weight is 239 g/mol. The van der Waals surface area contributed by atoms with E-state index in [1.807, 2.05) is 11.8 Å². The molecule has 1 fully saturated rings. The first kappa shape index (κ1) is 11.2. The van der Waals surface area contributed by atoms with Gasteiger partial charge in [-0.25, -0.2) is 4.98 Å². The predicted octanol–water partition coefficient (Wildman–Crippen LogP) is 2.30. The first-order chi connectivity index (χ1) is 7.75. The molecule has 1 atom stereocenters. The summed E-state index contributed by atoms with van der Waals surface area (Å²) in [5.74, 6) is 3.03. The topological polar surface area (TPSA) is 68.1 Å². The molecule has 1 N–H and O–H groups in total. The molecule has 1 aromatic heterocycles. The lowest BCUT2D eigenvalue weighted by Gasteiger charge is -2.22. The molecule has 1 unspecified atom stereocenters. The van der Waals surface area contributed by atoms with E-state index < -0.39 is 4.92 Å². The number of thioether (sulfide) groups is 1. The Balaban J connectivity index is 1.96. The number of hydrogen-bond donors (Lipinski definition) is 1. The number of pyridine rings is 1. The summed E-state index contributed by atoms with van der Waals surface area (Å²) < 4.78 is 0. The maximum absolute atomic E-state index is 10.4. The van der Waals surface area contributed by atoms with Crippen LogP contribution in [-0.2, 0) is 0 Å². The first-order valence-electron chi connectivity index (χ1n) is 5.20. The van der Waals surface area contributed by atoms with Crippen LogP contribution in [0.15, 0.2) is 18.3 Å². The number of rotatable bonds is 3. The van der Waals surface area contributed by atoms with E-state index in [4.69, 9.17) is 0 Å². The number of nitro groups is 1. The van der Waals surface area contributed by atoms with Crippen LogP contribution in [0.2, 0.25) is 0 Å². The van der Waals surface area contributed by atoms with E-state index in [-0.39, 0.29) is 5.69 Å². The molecule has 1 aliphatic rings. The Morgan fingerprint density at radius 2 is 2.44 bits per heavy atom. The van der Waals surface area contributed by atoms with Crippen LogP contribution in [0, 0.1) is 10.1 Å². The van der Waals surface area contributed by atoms with Gasteiger partial charge in [-0.2, -0.15) is 11.8 Å². The van der Waals surface area contributed by atoms with Gasteiger partial charge in [0.25, 0.3) is 5.69 Å². The SMILES string of the molecule is O=[N+]([O-])c1ccc(NC2CCCSC2)nc1. The molecule has 2 rings (SSSR count). The highest BCUT2D eigenvalue weighted by atomic mass is 32.2. The molecule has 0 aromatic carbocycles. The molecule has 1 aromatic rings. The number of anilines is 1. The summed E-state index contributed by atoms with van der Waals surface area (Å²) in [4.78, 5) is 14.0. The van der Waals surface area contributed by atoms with Crippen LogP contribution in [0.4, 0.5) is 11.5 Å². The van der Waals surface area contributed by atoms with Gasteiger partial charge in [-0.3, -0.25) is 10.1 Å². The molecule has 0 aliphatic carbocycles. The van der Waals surface area contributed by atoms with Gasteiger partial charge in [0.15, 0.2) is 0 Å². The second kappa shape index (κ2) is 5.16. The zero-order valence-corrected chi connectivity index (χ0v) is 9.57. The molecule has 1 aliphatic heterocycles. The van der Waals surface area contributed by atoms with E-state index >= 15 is 0 Å². The summed E-state index contributed by atoms with van der Waals surface area (Å²) in [5, 5.41) is 13.7. The third-order valence-corrected chi connectivity index (χ3v) is 3.69. The summed E-state index contributed by atoms with van der Waals surface area (Å²) >= 11 is 1.93. The van der Waals surface area contributed by atoms with Gasteiger partial charge in [0.2, 0.25) is 0 Å². The van der Waals surface area contributed by atoms with Crippen molar-refractivity contribution in [3.63, 3.8) is 0 Å². The zero-order chi connectivity index (χ0) is 11.4. The lowest BCUT2D eigenvalue weighted by Crippen LogP contribution is -2.26. The van der Waals surface area contributed by atoms with Gasteiger partial charge in [-0.15, -0.1) is 0 Å². The standard InChI is InChI=1S/C10H13N3O2S/c14-13(15)9-3-4-10(11-6-9)12-8-2-1-5-16-7-8/h3-4,6,8H,1-2,5,7H2,(H,11,12). The number of nitrogens with zero attached hydrogens (tertiary/aromatic N) is 2. The molecule has 0 amide bonds. The van der Waals surface area contributed by atoms with Crippen LogP contribution < -0.4 is 5.32 Å². The van der Waals surface area contributed by atoms with Gasteiger partial charge in [0.05, 0.1) is 4.92 Å². The minimum absolute atomic E-state index is 0.0311. The second-order valence-electron chi connectivity index (χ2n) is 3.72. The number of aromatic nitrogens is 1. The number of hydrogen-bond acceptors (Lipinski definition) is 5. The summed E-state index contributed by atoms with van der Waals surface area (Å²) in [5.41, 5.74) is 0.0311. The smallest absolute Gasteiger partial charge is 0.287 e. The van der Waals surface area contributed by atoms with Crippen LogP contribution in [0.25, 0.3) is 0 Å². The molecule has 0 saturated carbocycles. The van der Waals surface area contributed by atoms with Gasteiger partial charge >= 0.3 is 0 Å². The summed E-state index contributed by atoms with van der Waals surface area (Å²) in [6.07, 6.45) is 3.65. The number of nitrogens with one attached hydrogen (secondary N) is 1. The van der Waals surface area contributed by atoms with Crippen molar-refractivity contribution < 1.29 is 4.92 Å². The highest BCUT2D eigenvalue weighted by Crippen LogP contribution is 2.20. The minimum atomic E-state index is -0.437. The fraction of sp³-hybridized carbons (Fsp3) is 0.500. The Kier molecular flexibility index (Phi) is 3.61. The highest BCUT2D eigenvalue weighted by molar-refractivity contribution is 7.99.